The third-order valence-electron chi connectivity index (χ3n) is 5.01. The summed E-state index contributed by atoms with van der Waals surface area (Å²) < 4.78 is 25.0. The molecule has 0 radical (unpaired) electrons. The molecular weight excluding hydrogens is 424 g/mol. The summed E-state index contributed by atoms with van der Waals surface area (Å²) >= 11 is 0. The first-order valence-electron chi connectivity index (χ1n) is 9.94. The third kappa shape index (κ3) is 4.61. The van der Waals surface area contributed by atoms with Crippen molar-refractivity contribution in [1.29, 1.82) is 0 Å². The van der Waals surface area contributed by atoms with Crippen LogP contribution in [0.5, 0.6) is 0 Å². The van der Waals surface area contributed by atoms with Crippen molar-refractivity contribution in [1.82, 2.24) is 9.78 Å². The van der Waals surface area contributed by atoms with Crippen molar-refractivity contribution < 1.29 is 13.2 Å². The van der Waals surface area contributed by atoms with E-state index in [0.717, 1.165) is 16.9 Å². The summed E-state index contributed by atoms with van der Waals surface area (Å²) in [5.74, 6) is -0.0930. The Morgan fingerprint density at radius 1 is 0.938 bits per heavy atom. The first kappa shape index (κ1) is 21.5. The van der Waals surface area contributed by atoms with E-state index >= 15 is 0 Å². The lowest BCUT2D eigenvalue weighted by Crippen LogP contribution is -2.28. The van der Waals surface area contributed by atoms with Gasteiger partial charge in [0, 0.05) is 18.2 Å². The van der Waals surface area contributed by atoms with Crippen LogP contribution in [0.1, 0.15) is 12.6 Å². The largest absolute Gasteiger partial charge is 0.307 e. The fourth-order valence-electron chi connectivity index (χ4n) is 3.45. The van der Waals surface area contributed by atoms with E-state index in [0.29, 0.717) is 17.9 Å². The molecule has 2 N–H and O–H groups in total. The molecule has 0 aliphatic carbocycles. The van der Waals surface area contributed by atoms with Crippen molar-refractivity contribution in [2.24, 2.45) is 5.14 Å². The highest BCUT2D eigenvalue weighted by Gasteiger charge is 2.18. The van der Waals surface area contributed by atoms with Gasteiger partial charge in [-0.25, -0.2) is 18.2 Å². The number of primary sulfonamides is 1. The predicted octanol–water partition coefficient (Wildman–Crippen LogP) is 3.74. The molecule has 0 atom stereocenters. The van der Waals surface area contributed by atoms with Crippen LogP contribution in [0.3, 0.4) is 0 Å². The van der Waals surface area contributed by atoms with Gasteiger partial charge in [-0.2, -0.15) is 5.10 Å². The molecule has 4 aromatic rings. The number of nitrogens with zero attached hydrogens (tertiary/aromatic N) is 3. The zero-order chi connectivity index (χ0) is 22.7. The second-order valence-electron chi connectivity index (χ2n) is 7.28. The quantitative estimate of drug-likeness (QED) is 0.488. The van der Waals surface area contributed by atoms with Crippen molar-refractivity contribution in [3.05, 3.63) is 96.7 Å². The molecule has 0 unspecified atom stereocenters. The normalized spacial score (nSPS) is 11.3. The number of hydrogen-bond acceptors (Lipinski definition) is 4. The van der Waals surface area contributed by atoms with Gasteiger partial charge in [0.2, 0.25) is 15.9 Å². The monoisotopic (exact) mass is 446 g/mol. The van der Waals surface area contributed by atoms with E-state index in [2.05, 4.69) is 0 Å². The Labute approximate surface area is 186 Å². The van der Waals surface area contributed by atoms with Crippen LogP contribution >= 0.6 is 0 Å². The fourth-order valence-corrected chi connectivity index (χ4v) is 3.97. The Balaban J connectivity index is 1.77. The van der Waals surface area contributed by atoms with Crippen molar-refractivity contribution in [2.75, 3.05) is 4.90 Å². The van der Waals surface area contributed by atoms with Gasteiger partial charge in [-0.3, -0.25) is 4.79 Å². The van der Waals surface area contributed by atoms with E-state index in [9.17, 15) is 13.2 Å². The maximum Gasteiger partial charge on any atom is 0.238 e. The zero-order valence-corrected chi connectivity index (χ0v) is 18.2. The molecule has 7 nitrogen and oxygen atoms in total. The minimum Gasteiger partial charge on any atom is -0.307 e. The van der Waals surface area contributed by atoms with E-state index in [4.69, 9.17) is 10.2 Å². The molecule has 4 rings (SSSR count). The number of rotatable bonds is 6. The molecule has 32 heavy (non-hydrogen) atoms. The number of amides is 1. The number of para-hydroxylation sites is 1. The molecule has 0 bridgehead atoms. The van der Waals surface area contributed by atoms with E-state index in [-0.39, 0.29) is 10.8 Å². The summed E-state index contributed by atoms with van der Waals surface area (Å²) in [7, 11) is -3.79. The van der Waals surface area contributed by atoms with Crippen LogP contribution in [-0.2, 0) is 21.4 Å². The van der Waals surface area contributed by atoms with Gasteiger partial charge in [-0.15, -0.1) is 0 Å². The van der Waals surface area contributed by atoms with Crippen molar-refractivity contribution in [3.8, 4) is 16.9 Å². The number of aromatic nitrogens is 2. The molecule has 0 spiro atoms. The maximum absolute atomic E-state index is 12.3. The minimum absolute atomic E-state index is 0.0294. The van der Waals surface area contributed by atoms with Gasteiger partial charge in [0.05, 0.1) is 28.5 Å². The number of nitrogens with two attached hydrogens (primary N) is 1. The molecule has 0 aliphatic rings. The Morgan fingerprint density at radius 2 is 1.53 bits per heavy atom. The molecule has 8 heteroatoms. The van der Waals surface area contributed by atoms with E-state index in [1.54, 1.807) is 21.7 Å². The van der Waals surface area contributed by atoms with Crippen LogP contribution in [-0.4, -0.2) is 24.1 Å². The van der Waals surface area contributed by atoms with Gasteiger partial charge in [-0.1, -0.05) is 48.5 Å². The molecule has 1 heterocycles. The number of carbonyl (C=O) groups excluding carboxylic acids is 1. The van der Waals surface area contributed by atoms with Crippen LogP contribution in [0.4, 0.5) is 5.69 Å². The molecule has 0 saturated heterocycles. The third-order valence-corrected chi connectivity index (χ3v) is 5.94. The SMILES string of the molecule is CC(=O)N(Cc1cc(-c2ccccc2)n(-c2ccc(S(N)(=O)=O)cc2)n1)c1ccccc1. The second kappa shape index (κ2) is 8.78. The summed E-state index contributed by atoms with van der Waals surface area (Å²) in [4.78, 5) is 14.0. The van der Waals surface area contributed by atoms with Gasteiger partial charge < -0.3 is 4.90 Å². The van der Waals surface area contributed by atoms with Crippen molar-refractivity contribution in [3.63, 3.8) is 0 Å². The summed E-state index contributed by atoms with van der Waals surface area (Å²) in [6.45, 7) is 1.82. The van der Waals surface area contributed by atoms with Crippen LogP contribution < -0.4 is 10.0 Å². The zero-order valence-electron chi connectivity index (χ0n) is 17.4. The number of hydrogen-bond donors (Lipinski definition) is 1. The predicted molar refractivity (Wildman–Crippen MR) is 124 cm³/mol. The Bertz CT molecular complexity index is 1330. The number of carbonyl (C=O) groups is 1. The summed E-state index contributed by atoms with van der Waals surface area (Å²) in [5.41, 5.74) is 3.92. The Hall–Kier alpha value is -3.75. The van der Waals surface area contributed by atoms with E-state index in [1.165, 1.54) is 19.1 Å². The van der Waals surface area contributed by atoms with Crippen LogP contribution in [0.25, 0.3) is 16.9 Å². The molecule has 0 aliphatic heterocycles. The van der Waals surface area contributed by atoms with E-state index in [1.807, 2.05) is 66.7 Å². The summed E-state index contributed by atoms with van der Waals surface area (Å²) in [6.07, 6.45) is 0. The highest BCUT2D eigenvalue weighted by molar-refractivity contribution is 7.89. The second-order valence-corrected chi connectivity index (χ2v) is 8.84. The molecule has 1 amide bonds. The molecule has 162 valence electrons. The number of sulfonamides is 1. The van der Waals surface area contributed by atoms with Gasteiger partial charge in [0.25, 0.3) is 0 Å². The molecular formula is C24H22N4O3S. The topological polar surface area (TPSA) is 98.3 Å². The molecule has 0 fully saturated rings. The minimum atomic E-state index is -3.79. The highest BCUT2D eigenvalue weighted by atomic mass is 32.2. The highest BCUT2D eigenvalue weighted by Crippen LogP contribution is 2.26. The van der Waals surface area contributed by atoms with Crippen molar-refractivity contribution >= 4 is 21.6 Å². The Kier molecular flexibility index (Phi) is 5.89. The Morgan fingerprint density at radius 3 is 2.09 bits per heavy atom. The lowest BCUT2D eigenvalue weighted by Gasteiger charge is -2.19. The van der Waals surface area contributed by atoms with Gasteiger partial charge >= 0.3 is 0 Å². The molecule has 0 saturated carbocycles. The molecule has 1 aromatic heterocycles. The lowest BCUT2D eigenvalue weighted by molar-refractivity contribution is -0.116. The number of anilines is 1. The number of benzene rings is 3. The van der Waals surface area contributed by atoms with Crippen LogP contribution in [0.15, 0.2) is 95.9 Å². The fraction of sp³-hybridized carbons (Fsp3) is 0.0833. The molecule has 3 aromatic carbocycles. The first-order chi connectivity index (χ1) is 15.3. The van der Waals surface area contributed by atoms with E-state index < -0.39 is 10.0 Å². The summed E-state index contributed by atoms with van der Waals surface area (Å²) in [5, 5.41) is 9.96. The van der Waals surface area contributed by atoms with Crippen LogP contribution in [0.2, 0.25) is 0 Å². The van der Waals surface area contributed by atoms with Gasteiger partial charge in [0.1, 0.15) is 0 Å². The lowest BCUT2D eigenvalue weighted by atomic mass is 10.1. The average molecular weight is 447 g/mol. The smallest absolute Gasteiger partial charge is 0.238 e. The average Bonchev–Trinajstić information content (AvgIpc) is 3.22. The van der Waals surface area contributed by atoms with Crippen LogP contribution in [0, 0.1) is 0 Å². The van der Waals surface area contributed by atoms with Crippen molar-refractivity contribution in [2.45, 2.75) is 18.4 Å². The standard InChI is InChI=1S/C24H22N4O3S/c1-18(29)27(21-10-6-3-7-11-21)17-20-16-24(19-8-4-2-5-9-19)28(26-20)22-12-14-23(15-13-22)32(25,30)31/h2-16H,17H2,1H3,(H2,25,30,31). The van der Waals surface area contributed by atoms with Gasteiger partial charge in [0.15, 0.2) is 0 Å². The maximum atomic E-state index is 12.3. The first-order valence-corrected chi connectivity index (χ1v) is 11.5. The van der Waals surface area contributed by atoms with Gasteiger partial charge in [-0.05, 0) is 42.5 Å². The summed E-state index contributed by atoms with van der Waals surface area (Å²) in [6, 6.07) is 27.3.